The van der Waals surface area contributed by atoms with Gasteiger partial charge in [0.05, 0.1) is 12.0 Å². The molecular formula is C15H27NO3. The van der Waals surface area contributed by atoms with Crippen LogP contribution in [0.2, 0.25) is 0 Å². The van der Waals surface area contributed by atoms with E-state index in [1.807, 2.05) is 0 Å². The SMILES string of the molecule is CCCC1(C(=O)OCC2CCOCC2)CCCNC1. The normalized spacial score (nSPS) is 29.1. The lowest BCUT2D eigenvalue weighted by Crippen LogP contribution is -2.46. The molecule has 0 radical (unpaired) electrons. The number of carbonyl (C=O) groups is 1. The van der Waals surface area contributed by atoms with Gasteiger partial charge in [-0.3, -0.25) is 4.79 Å². The smallest absolute Gasteiger partial charge is 0.313 e. The standard InChI is InChI=1S/C15H27NO3/c1-2-6-15(7-3-8-16-12-15)14(17)19-11-13-4-9-18-10-5-13/h13,16H,2-12H2,1H3. The summed E-state index contributed by atoms with van der Waals surface area (Å²) in [6.45, 7) is 6.15. The van der Waals surface area contributed by atoms with Crippen LogP contribution in [-0.2, 0) is 14.3 Å². The molecule has 2 aliphatic heterocycles. The molecule has 2 aliphatic rings. The van der Waals surface area contributed by atoms with E-state index in [1.54, 1.807) is 0 Å². The number of hydrogen-bond acceptors (Lipinski definition) is 4. The van der Waals surface area contributed by atoms with Gasteiger partial charge in [-0.25, -0.2) is 0 Å². The molecule has 1 unspecified atom stereocenters. The Labute approximate surface area is 116 Å². The topological polar surface area (TPSA) is 47.6 Å². The highest BCUT2D eigenvalue weighted by atomic mass is 16.5. The molecule has 110 valence electrons. The molecule has 0 bridgehead atoms. The second kappa shape index (κ2) is 7.25. The fourth-order valence-corrected chi connectivity index (χ4v) is 3.20. The molecule has 2 rings (SSSR count). The number of hydrogen-bond donors (Lipinski definition) is 1. The molecule has 0 amide bonds. The van der Waals surface area contributed by atoms with Gasteiger partial charge < -0.3 is 14.8 Å². The molecule has 2 heterocycles. The van der Waals surface area contributed by atoms with Crippen molar-refractivity contribution in [2.24, 2.45) is 11.3 Å². The summed E-state index contributed by atoms with van der Waals surface area (Å²) in [7, 11) is 0. The van der Waals surface area contributed by atoms with Crippen LogP contribution in [0.1, 0.15) is 45.4 Å². The Kier molecular flexibility index (Phi) is 5.64. The lowest BCUT2D eigenvalue weighted by atomic mass is 9.77. The third kappa shape index (κ3) is 3.93. The summed E-state index contributed by atoms with van der Waals surface area (Å²) < 4.78 is 11.0. The number of esters is 1. The van der Waals surface area contributed by atoms with Crippen LogP contribution in [0.5, 0.6) is 0 Å². The number of piperidine rings is 1. The fourth-order valence-electron chi connectivity index (χ4n) is 3.20. The van der Waals surface area contributed by atoms with Crippen molar-refractivity contribution in [3.63, 3.8) is 0 Å². The molecular weight excluding hydrogens is 242 g/mol. The minimum absolute atomic E-state index is 0.0213. The third-order valence-corrected chi connectivity index (χ3v) is 4.42. The van der Waals surface area contributed by atoms with E-state index in [2.05, 4.69) is 12.2 Å². The first-order chi connectivity index (χ1) is 9.27. The monoisotopic (exact) mass is 269 g/mol. The van der Waals surface area contributed by atoms with E-state index in [1.165, 1.54) is 0 Å². The van der Waals surface area contributed by atoms with Gasteiger partial charge in [-0.15, -0.1) is 0 Å². The van der Waals surface area contributed by atoms with Crippen molar-refractivity contribution < 1.29 is 14.3 Å². The average molecular weight is 269 g/mol. The molecule has 0 spiro atoms. The Bertz CT molecular complexity index is 276. The largest absolute Gasteiger partial charge is 0.465 e. The van der Waals surface area contributed by atoms with Crippen LogP contribution >= 0.6 is 0 Å². The van der Waals surface area contributed by atoms with Crippen LogP contribution in [0.25, 0.3) is 0 Å². The maximum Gasteiger partial charge on any atom is 0.313 e. The van der Waals surface area contributed by atoms with Crippen LogP contribution in [0.3, 0.4) is 0 Å². The van der Waals surface area contributed by atoms with E-state index in [9.17, 15) is 4.79 Å². The van der Waals surface area contributed by atoms with E-state index >= 15 is 0 Å². The Morgan fingerprint density at radius 1 is 1.42 bits per heavy atom. The van der Waals surface area contributed by atoms with Crippen LogP contribution in [0, 0.1) is 11.3 Å². The van der Waals surface area contributed by atoms with Crippen LogP contribution < -0.4 is 5.32 Å². The molecule has 2 saturated heterocycles. The van der Waals surface area contributed by atoms with Crippen LogP contribution in [-0.4, -0.2) is 38.9 Å². The van der Waals surface area contributed by atoms with Crippen molar-refractivity contribution >= 4 is 5.97 Å². The Hall–Kier alpha value is -0.610. The fraction of sp³-hybridized carbons (Fsp3) is 0.933. The number of rotatable bonds is 5. The van der Waals surface area contributed by atoms with Crippen molar-refractivity contribution in [2.75, 3.05) is 32.9 Å². The molecule has 0 aromatic rings. The van der Waals surface area contributed by atoms with E-state index < -0.39 is 0 Å². The van der Waals surface area contributed by atoms with Gasteiger partial charge in [-0.05, 0) is 44.6 Å². The van der Waals surface area contributed by atoms with E-state index in [0.717, 1.165) is 64.8 Å². The summed E-state index contributed by atoms with van der Waals surface area (Å²) in [4.78, 5) is 12.5. The first kappa shape index (κ1) is 14.8. The highest BCUT2D eigenvalue weighted by molar-refractivity contribution is 5.77. The quantitative estimate of drug-likeness (QED) is 0.777. The minimum Gasteiger partial charge on any atom is -0.465 e. The second-order valence-electron chi connectivity index (χ2n) is 5.96. The molecule has 1 N–H and O–H groups in total. The maximum absolute atomic E-state index is 12.5. The minimum atomic E-state index is -0.266. The predicted octanol–water partition coefficient (Wildman–Crippen LogP) is 2.13. The zero-order valence-electron chi connectivity index (χ0n) is 12.1. The van der Waals surface area contributed by atoms with Crippen LogP contribution in [0.4, 0.5) is 0 Å². The van der Waals surface area contributed by atoms with E-state index in [-0.39, 0.29) is 11.4 Å². The average Bonchev–Trinajstić information content (AvgIpc) is 2.47. The van der Waals surface area contributed by atoms with Gasteiger partial charge in [0.15, 0.2) is 0 Å². The Morgan fingerprint density at radius 3 is 2.84 bits per heavy atom. The molecule has 1 atom stereocenters. The molecule has 0 aromatic heterocycles. The van der Waals surface area contributed by atoms with E-state index in [4.69, 9.17) is 9.47 Å². The summed E-state index contributed by atoms with van der Waals surface area (Å²) >= 11 is 0. The third-order valence-electron chi connectivity index (χ3n) is 4.42. The molecule has 0 aromatic carbocycles. The first-order valence-corrected chi connectivity index (χ1v) is 7.72. The maximum atomic E-state index is 12.5. The second-order valence-corrected chi connectivity index (χ2v) is 5.96. The molecule has 0 saturated carbocycles. The van der Waals surface area contributed by atoms with Crippen molar-refractivity contribution in [1.29, 1.82) is 0 Å². The molecule has 4 heteroatoms. The molecule has 19 heavy (non-hydrogen) atoms. The van der Waals surface area contributed by atoms with Gasteiger partial charge in [0, 0.05) is 19.8 Å². The Balaban J connectivity index is 1.84. The lowest BCUT2D eigenvalue weighted by molar-refractivity contribution is -0.160. The van der Waals surface area contributed by atoms with Gasteiger partial charge in [-0.1, -0.05) is 13.3 Å². The highest BCUT2D eigenvalue weighted by Gasteiger charge is 2.40. The Morgan fingerprint density at radius 2 is 2.21 bits per heavy atom. The van der Waals surface area contributed by atoms with Gasteiger partial charge in [-0.2, -0.15) is 0 Å². The van der Waals surface area contributed by atoms with Gasteiger partial charge >= 0.3 is 5.97 Å². The zero-order chi connectivity index (χ0) is 13.6. The number of nitrogens with one attached hydrogen (secondary N) is 1. The molecule has 2 fully saturated rings. The lowest BCUT2D eigenvalue weighted by Gasteiger charge is -2.35. The predicted molar refractivity (Wildman–Crippen MR) is 73.9 cm³/mol. The first-order valence-electron chi connectivity index (χ1n) is 7.72. The van der Waals surface area contributed by atoms with Gasteiger partial charge in [0.1, 0.15) is 0 Å². The van der Waals surface area contributed by atoms with Crippen LogP contribution in [0.15, 0.2) is 0 Å². The molecule has 0 aliphatic carbocycles. The summed E-state index contributed by atoms with van der Waals surface area (Å²) in [6, 6.07) is 0. The molecule has 4 nitrogen and oxygen atoms in total. The van der Waals surface area contributed by atoms with Crippen molar-refractivity contribution in [3.05, 3.63) is 0 Å². The summed E-state index contributed by atoms with van der Waals surface area (Å²) in [6.07, 6.45) is 6.06. The number of ether oxygens (including phenoxy) is 2. The summed E-state index contributed by atoms with van der Waals surface area (Å²) in [5, 5.41) is 3.36. The van der Waals surface area contributed by atoms with Crippen molar-refractivity contribution in [2.45, 2.75) is 45.4 Å². The van der Waals surface area contributed by atoms with Gasteiger partial charge in [0.25, 0.3) is 0 Å². The van der Waals surface area contributed by atoms with Gasteiger partial charge in [0.2, 0.25) is 0 Å². The van der Waals surface area contributed by atoms with Crippen molar-refractivity contribution in [1.82, 2.24) is 5.32 Å². The zero-order valence-corrected chi connectivity index (χ0v) is 12.1. The van der Waals surface area contributed by atoms with E-state index in [0.29, 0.717) is 12.5 Å². The summed E-state index contributed by atoms with van der Waals surface area (Å²) in [5.74, 6) is 0.515. The highest BCUT2D eigenvalue weighted by Crippen LogP contribution is 2.33. The van der Waals surface area contributed by atoms with Crippen molar-refractivity contribution in [3.8, 4) is 0 Å². The summed E-state index contributed by atoms with van der Waals surface area (Å²) in [5.41, 5.74) is -0.266. The number of carbonyl (C=O) groups excluding carboxylic acids is 1.